The van der Waals surface area contributed by atoms with Crippen LogP contribution in [0.2, 0.25) is 5.02 Å². The average molecular weight is 557 g/mol. The summed E-state index contributed by atoms with van der Waals surface area (Å²) in [4.78, 5) is 40.6. The van der Waals surface area contributed by atoms with E-state index in [4.69, 9.17) is 16.3 Å². The number of anilines is 3. The zero-order valence-electron chi connectivity index (χ0n) is 21.0. The smallest absolute Gasteiger partial charge is 0.280 e. The van der Waals surface area contributed by atoms with E-state index in [0.717, 1.165) is 18.5 Å². The Bertz CT molecular complexity index is 1570. The van der Waals surface area contributed by atoms with Gasteiger partial charge in [0.1, 0.15) is 5.82 Å². The summed E-state index contributed by atoms with van der Waals surface area (Å²) in [6, 6.07) is 8.38. The lowest BCUT2D eigenvalue weighted by Gasteiger charge is -2.34. The van der Waals surface area contributed by atoms with Crippen molar-refractivity contribution in [3.8, 4) is 11.3 Å². The first-order valence-corrected chi connectivity index (χ1v) is 13.3. The number of carbonyl (C=O) groups is 1. The molecule has 0 bridgehead atoms. The van der Waals surface area contributed by atoms with Gasteiger partial charge in [0.05, 0.1) is 33.1 Å². The number of hydrogen-bond acceptors (Lipinski definition) is 8. The molecule has 38 heavy (non-hydrogen) atoms. The lowest BCUT2D eigenvalue weighted by atomic mass is 10.1. The van der Waals surface area contributed by atoms with Crippen LogP contribution in [0.1, 0.15) is 23.3 Å². The number of rotatable bonds is 6. The molecule has 198 valence electrons. The summed E-state index contributed by atoms with van der Waals surface area (Å²) in [5.41, 5.74) is 3.17. The fourth-order valence-electron chi connectivity index (χ4n) is 4.37. The van der Waals surface area contributed by atoms with Crippen molar-refractivity contribution in [3.63, 3.8) is 0 Å². The van der Waals surface area contributed by atoms with Crippen LogP contribution >= 0.6 is 22.9 Å². The second-order valence-electron chi connectivity index (χ2n) is 9.25. The molecule has 2 N–H and O–H groups in total. The number of H-pyrrole nitrogens is 1. The number of thiazole rings is 1. The Balaban J connectivity index is 1.56. The van der Waals surface area contributed by atoms with Gasteiger partial charge in [-0.1, -0.05) is 11.6 Å². The minimum atomic E-state index is -0.558. The van der Waals surface area contributed by atoms with Crippen molar-refractivity contribution in [2.24, 2.45) is 0 Å². The molecule has 9 nitrogen and oxygen atoms in total. The molecule has 2 aromatic heterocycles. The molecule has 1 saturated heterocycles. The van der Waals surface area contributed by atoms with Crippen LogP contribution < -0.4 is 15.8 Å². The van der Waals surface area contributed by atoms with Gasteiger partial charge in [0, 0.05) is 51.3 Å². The van der Waals surface area contributed by atoms with Gasteiger partial charge < -0.3 is 24.8 Å². The van der Waals surface area contributed by atoms with Gasteiger partial charge in [-0.15, -0.1) is 11.3 Å². The molecule has 1 aliphatic heterocycles. The first-order chi connectivity index (χ1) is 18.2. The highest BCUT2D eigenvalue weighted by atomic mass is 35.5. The standard InChI is InChI=1S/C26H26ClFN6O3S/c1-33(2)25(36)23-24(35)30-18-11-20(22(12-19(18)29-23)34(3)15-6-8-37-9-7-15)31-26-32-21(13-38-26)14-4-5-17(28)16(27)10-14/h4-5,10-13,15H,6-9H2,1-3H3,(H,30,35)(H,31,32). The number of amides is 1. The SMILES string of the molecule is CN(C)C(=O)c1nc2cc(N(C)C3CCOCC3)c(Nc3nc(-c4ccc(F)c(Cl)c4)cs3)cc2[nH]c1=O. The van der Waals surface area contributed by atoms with Crippen molar-refractivity contribution >= 4 is 56.4 Å². The molecule has 1 aliphatic rings. The summed E-state index contributed by atoms with van der Waals surface area (Å²) in [5.74, 6) is -0.954. The van der Waals surface area contributed by atoms with Gasteiger partial charge in [-0.05, 0) is 43.2 Å². The second-order valence-corrected chi connectivity index (χ2v) is 10.5. The molecule has 0 aliphatic carbocycles. The van der Waals surface area contributed by atoms with Crippen LogP contribution in [-0.4, -0.2) is 66.2 Å². The van der Waals surface area contributed by atoms with Gasteiger partial charge in [-0.2, -0.15) is 0 Å². The lowest BCUT2D eigenvalue weighted by Crippen LogP contribution is -2.37. The van der Waals surface area contributed by atoms with E-state index < -0.39 is 17.3 Å². The van der Waals surface area contributed by atoms with Crippen LogP contribution in [0.4, 0.5) is 20.9 Å². The molecular formula is C26H26ClFN6O3S. The molecule has 0 radical (unpaired) electrons. The fraction of sp³-hybridized carbons (Fsp3) is 0.308. The maximum Gasteiger partial charge on any atom is 0.280 e. The number of ether oxygens (including phenoxy) is 1. The summed E-state index contributed by atoms with van der Waals surface area (Å²) in [5, 5.41) is 5.88. The van der Waals surface area contributed by atoms with Gasteiger partial charge in [-0.25, -0.2) is 14.4 Å². The quantitative estimate of drug-likeness (QED) is 0.348. The van der Waals surface area contributed by atoms with E-state index in [2.05, 4.69) is 25.2 Å². The van der Waals surface area contributed by atoms with Crippen molar-refractivity contribution in [1.82, 2.24) is 19.9 Å². The highest BCUT2D eigenvalue weighted by Gasteiger charge is 2.23. The topological polar surface area (TPSA) is 103 Å². The van der Waals surface area contributed by atoms with Gasteiger partial charge in [0.25, 0.3) is 11.5 Å². The number of nitrogens with zero attached hydrogens (tertiary/aromatic N) is 4. The number of carbonyl (C=O) groups excluding carboxylic acids is 1. The summed E-state index contributed by atoms with van der Waals surface area (Å²) in [7, 11) is 5.16. The van der Waals surface area contributed by atoms with Crippen LogP contribution in [0.25, 0.3) is 22.3 Å². The lowest BCUT2D eigenvalue weighted by molar-refractivity contribution is 0.0820. The van der Waals surface area contributed by atoms with Crippen LogP contribution in [-0.2, 0) is 4.74 Å². The van der Waals surface area contributed by atoms with E-state index in [1.807, 2.05) is 18.5 Å². The van der Waals surface area contributed by atoms with Crippen molar-refractivity contribution in [3.05, 3.63) is 62.6 Å². The number of aromatic amines is 1. The summed E-state index contributed by atoms with van der Waals surface area (Å²) in [6.45, 7) is 1.35. The second kappa shape index (κ2) is 10.7. The van der Waals surface area contributed by atoms with Crippen LogP contribution in [0.15, 0.2) is 40.5 Å². The number of benzene rings is 2. The molecule has 0 saturated carbocycles. The third-order valence-corrected chi connectivity index (χ3v) is 7.55. The van der Waals surface area contributed by atoms with Crippen molar-refractivity contribution in [1.29, 1.82) is 0 Å². The number of halogens is 2. The first kappa shape index (κ1) is 26.1. The number of nitrogens with one attached hydrogen (secondary N) is 2. The van der Waals surface area contributed by atoms with Gasteiger partial charge in [0.15, 0.2) is 10.8 Å². The molecule has 0 atom stereocenters. The van der Waals surface area contributed by atoms with Crippen molar-refractivity contribution in [2.75, 3.05) is 44.6 Å². The number of aromatic nitrogens is 3. The minimum Gasteiger partial charge on any atom is -0.381 e. The summed E-state index contributed by atoms with van der Waals surface area (Å²) < 4.78 is 19.2. The Hall–Kier alpha value is -3.54. The number of hydrogen-bond donors (Lipinski definition) is 2. The van der Waals surface area contributed by atoms with E-state index in [1.54, 1.807) is 32.3 Å². The Labute approximate surface area is 227 Å². The maximum absolute atomic E-state index is 13.6. The summed E-state index contributed by atoms with van der Waals surface area (Å²) in [6.07, 6.45) is 1.73. The number of fused-ring (bicyclic) bond motifs is 1. The maximum atomic E-state index is 13.6. The Kier molecular flexibility index (Phi) is 7.33. The predicted molar refractivity (Wildman–Crippen MR) is 148 cm³/mol. The van der Waals surface area contributed by atoms with Gasteiger partial charge in [0.2, 0.25) is 0 Å². The average Bonchev–Trinajstić information content (AvgIpc) is 3.37. The van der Waals surface area contributed by atoms with Crippen LogP contribution in [0.3, 0.4) is 0 Å². The summed E-state index contributed by atoms with van der Waals surface area (Å²) >= 11 is 7.35. The van der Waals surface area contributed by atoms with E-state index >= 15 is 0 Å². The largest absolute Gasteiger partial charge is 0.381 e. The third-order valence-electron chi connectivity index (χ3n) is 6.50. The molecule has 1 amide bonds. The Morgan fingerprint density at radius 1 is 1.18 bits per heavy atom. The molecule has 2 aromatic carbocycles. The molecule has 4 aromatic rings. The Morgan fingerprint density at radius 3 is 2.66 bits per heavy atom. The molecule has 3 heterocycles. The van der Waals surface area contributed by atoms with Gasteiger partial charge in [-0.3, -0.25) is 9.59 Å². The molecule has 5 rings (SSSR count). The van der Waals surface area contributed by atoms with Crippen molar-refractivity contribution < 1.29 is 13.9 Å². The highest BCUT2D eigenvalue weighted by molar-refractivity contribution is 7.14. The zero-order chi connectivity index (χ0) is 27.0. The first-order valence-electron chi connectivity index (χ1n) is 12.0. The molecule has 0 spiro atoms. The normalized spacial score (nSPS) is 14.0. The highest BCUT2D eigenvalue weighted by Crippen LogP contribution is 2.36. The van der Waals surface area contributed by atoms with E-state index in [1.165, 1.54) is 22.3 Å². The minimum absolute atomic E-state index is 0.0310. The van der Waals surface area contributed by atoms with E-state index in [-0.39, 0.29) is 16.8 Å². The molecule has 0 unspecified atom stereocenters. The van der Waals surface area contributed by atoms with E-state index in [9.17, 15) is 14.0 Å². The van der Waals surface area contributed by atoms with Crippen LogP contribution in [0, 0.1) is 5.82 Å². The third kappa shape index (κ3) is 5.22. The van der Waals surface area contributed by atoms with E-state index in [0.29, 0.717) is 46.3 Å². The van der Waals surface area contributed by atoms with Crippen molar-refractivity contribution in [2.45, 2.75) is 18.9 Å². The molecule has 1 fully saturated rings. The predicted octanol–water partition coefficient (Wildman–Crippen LogP) is 4.90. The Morgan fingerprint density at radius 2 is 1.95 bits per heavy atom. The molecular weight excluding hydrogens is 531 g/mol. The molecule has 12 heteroatoms. The van der Waals surface area contributed by atoms with Crippen LogP contribution in [0.5, 0.6) is 0 Å². The fourth-order valence-corrected chi connectivity index (χ4v) is 5.29. The monoisotopic (exact) mass is 556 g/mol. The zero-order valence-corrected chi connectivity index (χ0v) is 22.6. The van der Waals surface area contributed by atoms with Gasteiger partial charge >= 0.3 is 0 Å².